The highest BCUT2D eigenvalue weighted by Crippen LogP contribution is 2.71. The smallest absolute Gasteiger partial charge is 0.367 e. The van der Waals surface area contributed by atoms with Crippen LogP contribution in [0.2, 0.25) is 0 Å². The van der Waals surface area contributed by atoms with Gasteiger partial charge in [-0.05, 0) is 25.0 Å². The fraction of sp³-hybridized carbons (Fsp3) is 0.688. The van der Waals surface area contributed by atoms with Crippen LogP contribution in [0.4, 0.5) is 0 Å². The van der Waals surface area contributed by atoms with Crippen LogP contribution in [-0.2, 0) is 28.6 Å². The lowest BCUT2D eigenvalue weighted by Crippen LogP contribution is -2.63. The van der Waals surface area contributed by atoms with Crippen LogP contribution in [0.15, 0.2) is 11.6 Å². The van der Waals surface area contributed by atoms with E-state index in [-0.39, 0.29) is 18.8 Å². The van der Waals surface area contributed by atoms with Crippen molar-refractivity contribution >= 4 is 17.7 Å². The highest BCUT2D eigenvalue weighted by Gasteiger charge is 2.84. The largest absolute Gasteiger partial charge is 0.465 e. The van der Waals surface area contributed by atoms with E-state index >= 15 is 0 Å². The summed E-state index contributed by atoms with van der Waals surface area (Å²) in [4.78, 5) is 37.0. The molecule has 1 spiro atoms. The van der Waals surface area contributed by atoms with E-state index in [4.69, 9.17) is 14.2 Å². The number of cyclic esters (lactones) is 1. The molecule has 2 saturated heterocycles. The van der Waals surface area contributed by atoms with Gasteiger partial charge in [0.15, 0.2) is 5.78 Å². The summed E-state index contributed by atoms with van der Waals surface area (Å²) >= 11 is 0. The summed E-state index contributed by atoms with van der Waals surface area (Å²) in [5.41, 5.74) is -4.43. The Kier molecular flexibility index (Phi) is 2.67. The maximum Gasteiger partial charge on any atom is 0.367 e. The normalized spacial score (nSPS) is 51.8. The summed E-state index contributed by atoms with van der Waals surface area (Å²) in [5.74, 6) is -5.46. The van der Waals surface area contributed by atoms with Crippen molar-refractivity contribution in [3.8, 4) is 0 Å². The second kappa shape index (κ2) is 4.07. The predicted octanol–water partition coefficient (Wildman–Crippen LogP) is -0.924. The topological polar surface area (TPSA) is 119 Å². The zero-order valence-electron chi connectivity index (χ0n) is 13.5. The second-order valence-corrected chi connectivity index (χ2v) is 7.27. The third-order valence-corrected chi connectivity index (χ3v) is 6.52. The average Bonchev–Trinajstić information content (AvgIpc) is 3.09. The van der Waals surface area contributed by atoms with E-state index in [0.29, 0.717) is 5.57 Å². The van der Waals surface area contributed by atoms with Gasteiger partial charge in [0, 0.05) is 5.92 Å². The third kappa shape index (κ3) is 1.22. The van der Waals surface area contributed by atoms with Gasteiger partial charge in [-0.15, -0.1) is 0 Å². The minimum absolute atomic E-state index is 0.0570. The van der Waals surface area contributed by atoms with E-state index in [1.165, 1.54) is 6.08 Å². The van der Waals surface area contributed by atoms with Crippen LogP contribution in [0.25, 0.3) is 0 Å². The molecular weight excluding hydrogens is 320 g/mol. The first-order chi connectivity index (χ1) is 11.1. The van der Waals surface area contributed by atoms with Gasteiger partial charge in [-0.3, -0.25) is 4.79 Å². The molecule has 0 radical (unpaired) electrons. The summed E-state index contributed by atoms with van der Waals surface area (Å²) < 4.78 is 15.3. The molecule has 6 atom stereocenters. The summed E-state index contributed by atoms with van der Waals surface area (Å²) in [6.45, 7) is 3.02. The molecule has 0 aromatic rings. The van der Waals surface area contributed by atoms with Crippen LogP contribution in [0.3, 0.4) is 0 Å². The molecule has 2 aliphatic carbocycles. The Labute approximate surface area is 137 Å². The monoisotopic (exact) mass is 338 g/mol. The molecule has 2 aliphatic heterocycles. The summed E-state index contributed by atoms with van der Waals surface area (Å²) in [6, 6.07) is 0. The van der Waals surface area contributed by atoms with Crippen LogP contribution < -0.4 is 0 Å². The molecule has 0 unspecified atom stereocenters. The molecule has 4 rings (SSSR count). The molecular formula is C16H18O8. The number of hydrogen-bond donors (Lipinski definition) is 2. The van der Waals surface area contributed by atoms with Gasteiger partial charge >= 0.3 is 11.9 Å². The average molecular weight is 338 g/mol. The Balaban J connectivity index is 2.03. The molecule has 8 heteroatoms. The number of allylic oxidation sites excluding steroid dienone is 1. The van der Waals surface area contributed by atoms with Gasteiger partial charge in [-0.25, -0.2) is 9.59 Å². The molecule has 24 heavy (non-hydrogen) atoms. The molecule has 1 saturated carbocycles. The SMILES string of the molecule is COC(=O)[C@]1(O)O[C@H]2C[C@]13C(=CC(=O)[C@H]3C)[C@@]1(C)COC(=O)[C@@]21O. The molecule has 2 bridgehead atoms. The quantitative estimate of drug-likeness (QED) is 0.589. The van der Waals surface area contributed by atoms with Crippen molar-refractivity contribution in [3.63, 3.8) is 0 Å². The Morgan fingerprint density at radius 1 is 1.38 bits per heavy atom. The van der Waals surface area contributed by atoms with Gasteiger partial charge in [0.25, 0.3) is 5.79 Å². The Bertz CT molecular complexity index is 728. The minimum atomic E-state index is -2.45. The molecule has 2 heterocycles. The standard InChI is InChI=1S/C16H18O8/c1-7-8(17)4-9-13(2)6-23-11(18)15(13,20)10-5-14(7,9)16(21,24-10)12(19)22-3/h4,7,10,20-21H,5-6H2,1-3H3/t7-,10+,13-,14+,15+,16+/m1/s1. The molecule has 4 aliphatic rings. The number of fused-ring (bicyclic) bond motifs is 4. The first-order valence-corrected chi connectivity index (χ1v) is 7.74. The maximum absolute atomic E-state index is 12.4. The Morgan fingerprint density at radius 2 is 2.04 bits per heavy atom. The van der Waals surface area contributed by atoms with Crippen molar-refractivity contribution in [1.82, 2.24) is 0 Å². The lowest BCUT2D eigenvalue weighted by Gasteiger charge is -2.49. The number of esters is 2. The van der Waals surface area contributed by atoms with Crippen molar-refractivity contribution in [2.75, 3.05) is 13.7 Å². The second-order valence-electron chi connectivity index (χ2n) is 7.27. The van der Waals surface area contributed by atoms with Gasteiger partial charge in [-0.2, -0.15) is 0 Å². The van der Waals surface area contributed by atoms with Crippen molar-refractivity contribution in [2.45, 2.75) is 37.8 Å². The zero-order valence-corrected chi connectivity index (χ0v) is 13.5. The summed E-state index contributed by atoms with van der Waals surface area (Å²) in [7, 11) is 1.10. The number of methoxy groups -OCH3 is 1. The molecule has 3 fully saturated rings. The van der Waals surface area contributed by atoms with E-state index in [9.17, 15) is 24.6 Å². The number of hydrogen-bond acceptors (Lipinski definition) is 8. The fourth-order valence-corrected chi connectivity index (χ4v) is 5.10. The predicted molar refractivity (Wildman–Crippen MR) is 75.2 cm³/mol. The molecule has 130 valence electrons. The zero-order chi connectivity index (χ0) is 17.7. The Hall–Kier alpha value is -1.77. The maximum atomic E-state index is 12.4. The van der Waals surface area contributed by atoms with E-state index in [1.54, 1.807) is 13.8 Å². The summed E-state index contributed by atoms with van der Waals surface area (Å²) in [5, 5.41) is 22.2. The van der Waals surface area contributed by atoms with E-state index in [1.807, 2.05) is 0 Å². The van der Waals surface area contributed by atoms with Gasteiger partial charge < -0.3 is 24.4 Å². The molecule has 8 nitrogen and oxygen atoms in total. The minimum Gasteiger partial charge on any atom is -0.465 e. The molecule has 0 aromatic carbocycles. The lowest BCUT2D eigenvalue weighted by molar-refractivity contribution is -0.253. The number of carbonyl (C=O) groups is 3. The van der Waals surface area contributed by atoms with E-state index < -0.39 is 46.2 Å². The molecule has 0 amide bonds. The van der Waals surface area contributed by atoms with Crippen molar-refractivity contribution in [2.24, 2.45) is 16.7 Å². The van der Waals surface area contributed by atoms with E-state index in [2.05, 4.69) is 0 Å². The number of ketones is 1. The highest BCUT2D eigenvalue weighted by atomic mass is 16.7. The first-order valence-electron chi connectivity index (χ1n) is 7.74. The van der Waals surface area contributed by atoms with Gasteiger partial charge in [0.1, 0.15) is 12.7 Å². The van der Waals surface area contributed by atoms with Crippen LogP contribution in [0.5, 0.6) is 0 Å². The van der Waals surface area contributed by atoms with Crippen molar-refractivity contribution in [3.05, 3.63) is 11.6 Å². The highest BCUT2D eigenvalue weighted by molar-refractivity contribution is 6.00. The van der Waals surface area contributed by atoms with Gasteiger partial charge in [0.05, 0.1) is 17.9 Å². The number of rotatable bonds is 1. The number of ether oxygens (including phenoxy) is 3. The third-order valence-electron chi connectivity index (χ3n) is 6.52. The lowest BCUT2D eigenvalue weighted by atomic mass is 9.51. The van der Waals surface area contributed by atoms with Gasteiger partial charge in [-0.1, -0.05) is 6.92 Å². The molecule has 2 N–H and O–H groups in total. The van der Waals surface area contributed by atoms with Gasteiger partial charge in [0.2, 0.25) is 5.60 Å². The van der Waals surface area contributed by atoms with Crippen molar-refractivity contribution in [1.29, 1.82) is 0 Å². The number of carbonyl (C=O) groups excluding carboxylic acids is 3. The molecule has 0 aromatic heterocycles. The van der Waals surface area contributed by atoms with Crippen LogP contribution in [-0.4, -0.2) is 59.1 Å². The van der Waals surface area contributed by atoms with Crippen LogP contribution >= 0.6 is 0 Å². The Morgan fingerprint density at radius 3 is 2.67 bits per heavy atom. The van der Waals surface area contributed by atoms with E-state index in [0.717, 1.165) is 7.11 Å². The van der Waals surface area contributed by atoms with Crippen LogP contribution in [0, 0.1) is 16.7 Å². The summed E-state index contributed by atoms with van der Waals surface area (Å²) in [6.07, 6.45) is 0.0571. The first kappa shape index (κ1) is 15.7. The number of aliphatic hydroxyl groups is 2. The fourth-order valence-electron chi connectivity index (χ4n) is 5.10. The van der Waals surface area contributed by atoms with Crippen molar-refractivity contribution < 1.29 is 38.8 Å². The van der Waals surface area contributed by atoms with Crippen LogP contribution in [0.1, 0.15) is 20.3 Å².